The van der Waals surface area contributed by atoms with Crippen LogP contribution in [0.4, 0.5) is 0 Å². The number of hydrogen-bond donors (Lipinski definition) is 1. The first kappa shape index (κ1) is 16.4. The molecule has 2 aromatic rings. The Hall–Kier alpha value is -2.95. The summed E-state index contributed by atoms with van der Waals surface area (Å²) >= 11 is 0. The Morgan fingerprint density at radius 3 is 2.22 bits per heavy atom. The highest BCUT2D eigenvalue weighted by molar-refractivity contribution is 6.07. The van der Waals surface area contributed by atoms with E-state index in [1.165, 1.54) is 33.5 Å². The Morgan fingerprint density at radius 2 is 1.65 bits per heavy atom. The molecule has 0 fully saturated rings. The van der Waals surface area contributed by atoms with Gasteiger partial charge in [0.25, 0.3) is 0 Å². The van der Waals surface area contributed by atoms with E-state index in [9.17, 15) is 9.90 Å². The summed E-state index contributed by atoms with van der Waals surface area (Å²) in [7, 11) is 4.36. The first-order valence-corrected chi connectivity index (χ1v) is 6.91. The highest BCUT2D eigenvalue weighted by atomic mass is 16.5. The van der Waals surface area contributed by atoms with Gasteiger partial charge < -0.3 is 19.3 Å². The largest absolute Gasteiger partial charge is 0.504 e. The van der Waals surface area contributed by atoms with Gasteiger partial charge in [-0.2, -0.15) is 0 Å². The first-order valence-electron chi connectivity index (χ1n) is 6.91. The average molecular weight is 314 g/mol. The van der Waals surface area contributed by atoms with Gasteiger partial charge in [-0.25, -0.2) is 0 Å². The molecule has 5 heteroatoms. The van der Waals surface area contributed by atoms with Crippen LogP contribution in [-0.2, 0) is 0 Å². The van der Waals surface area contributed by atoms with Crippen molar-refractivity contribution in [2.24, 2.45) is 0 Å². The minimum atomic E-state index is -0.179. The molecule has 0 spiro atoms. The molecule has 0 amide bonds. The fourth-order valence-electron chi connectivity index (χ4n) is 2.15. The number of carbonyl (C=O) groups excluding carboxylic acids is 1. The van der Waals surface area contributed by atoms with Gasteiger partial charge in [-0.15, -0.1) is 0 Å². The third kappa shape index (κ3) is 3.45. The minimum absolute atomic E-state index is 0.152. The molecule has 0 aliphatic heterocycles. The smallest absolute Gasteiger partial charge is 0.203 e. The van der Waals surface area contributed by atoms with E-state index in [4.69, 9.17) is 14.2 Å². The van der Waals surface area contributed by atoms with Gasteiger partial charge in [-0.3, -0.25) is 4.79 Å². The summed E-state index contributed by atoms with van der Waals surface area (Å²) in [5, 5.41) is 10.3. The van der Waals surface area contributed by atoms with Crippen LogP contribution in [0.5, 0.6) is 23.0 Å². The number of phenols is 1. The maximum Gasteiger partial charge on any atom is 0.203 e. The van der Waals surface area contributed by atoms with Crippen LogP contribution in [0.1, 0.15) is 15.9 Å². The molecule has 2 rings (SSSR count). The summed E-state index contributed by atoms with van der Waals surface area (Å²) in [6.45, 7) is 0. The molecule has 1 N–H and O–H groups in total. The Bertz CT molecular complexity index is 720. The Balaban J connectivity index is 2.42. The molecule has 120 valence electrons. The van der Waals surface area contributed by atoms with E-state index in [1.54, 1.807) is 30.3 Å². The monoisotopic (exact) mass is 314 g/mol. The summed E-state index contributed by atoms with van der Waals surface area (Å²) in [5.41, 5.74) is 0.900. The second kappa shape index (κ2) is 7.35. The predicted octanol–water partition coefficient (Wildman–Crippen LogP) is 3.31. The van der Waals surface area contributed by atoms with Crippen LogP contribution in [0.15, 0.2) is 42.5 Å². The van der Waals surface area contributed by atoms with Gasteiger partial charge in [0.05, 0.1) is 26.9 Å². The number of hydrogen-bond acceptors (Lipinski definition) is 5. The standard InChI is InChI=1S/C18H18O5/c1-21-15-11-16(22-2)18(23-3)17(20)13(15)9-10-14(19)12-7-5-4-6-8-12/h4-11,20H,1-3H3/b10-9+. The van der Waals surface area contributed by atoms with Gasteiger partial charge in [-0.1, -0.05) is 30.3 Å². The summed E-state index contributed by atoms with van der Waals surface area (Å²) in [4.78, 5) is 12.1. The first-order chi connectivity index (χ1) is 11.1. The van der Waals surface area contributed by atoms with E-state index < -0.39 is 0 Å². The molecule has 0 aromatic heterocycles. The van der Waals surface area contributed by atoms with Crippen molar-refractivity contribution < 1.29 is 24.1 Å². The van der Waals surface area contributed by atoms with Gasteiger partial charge in [-0.05, 0) is 12.2 Å². The molecule has 0 unspecified atom stereocenters. The summed E-state index contributed by atoms with van der Waals surface area (Å²) in [5.74, 6) is 0.563. The summed E-state index contributed by atoms with van der Waals surface area (Å²) < 4.78 is 15.6. The molecule has 5 nitrogen and oxygen atoms in total. The van der Waals surface area contributed by atoms with Gasteiger partial charge in [0.2, 0.25) is 5.75 Å². The molecule has 0 radical (unpaired) electrons. The van der Waals surface area contributed by atoms with Gasteiger partial charge in [0.15, 0.2) is 17.3 Å². The lowest BCUT2D eigenvalue weighted by Crippen LogP contribution is -1.97. The van der Waals surface area contributed by atoms with Crippen LogP contribution in [0.3, 0.4) is 0 Å². The van der Waals surface area contributed by atoms with Crippen molar-refractivity contribution in [2.45, 2.75) is 0 Å². The molecule has 2 aromatic carbocycles. The van der Waals surface area contributed by atoms with Crippen molar-refractivity contribution in [3.63, 3.8) is 0 Å². The van der Waals surface area contributed by atoms with Crippen molar-refractivity contribution in [1.29, 1.82) is 0 Å². The van der Waals surface area contributed by atoms with E-state index in [0.29, 0.717) is 22.6 Å². The molecular weight excluding hydrogens is 296 g/mol. The Kier molecular flexibility index (Phi) is 5.25. The zero-order chi connectivity index (χ0) is 16.8. The number of benzene rings is 2. The molecule has 0 aliphatic carbocycles. The normalized spacial score (nSPS) is 10.6. The Morgan fingerprint density at radius 1 is 1.00 bits per heavy atom. The second-order valence-corrected chi connectivity index (χ2v) is 4.64. The van der Waals surface area contributed by atoms with Crippen molar-refractivity contribution in [2.75, 3.05) is 21.3 Å². The maximum absolute atomic E-state index is 12.1. The van der Waals surface area contributed by atoms with Crippen molar-refractivity contribution in [3.05, 3.63) is 53.6 Å². The lowest BCUT2D eigenvalue weighted by molar-refractivity contribution is 0.104. The number of ether oxygens (including phenoxy) is 3. The zero-order valence-corrected chi connectivity index (χ0v) is 13.2. The third-order valence-corrected chi connectivity index (χ3v) is 3.33. The SMILES string of the molecule is COc1cc(OC)c(OC)c(O)c1/C=C/C(=O)c1ccccc1. The zero-order valence-electron chi connectivity index (χ0n) is 13.2. The lowest BCUT2D eigenvalue weighted by Gasteiger charge is -2.14. The van der Waals surface area contributed by atoms with Crippen LogP contribution >= 0.6 is 0 Å². The van der Waals surface area contributed by atoms with E-state index in [1.807, 2.05) is 6.07 Å². The van der Waals surface area contributed by atoms with Crippen LogP contribution < -0.4 is 14.2 Å². The number of rotatable bonds is 6. The molecule has 0 atom stereocenters. The average Bonchev–Trinajstić information content (AvgIpc) is 2.60. The quantitative estimate of drug-likeness (QED) is 0.654. The topological polar surface area (TPSA) is 65.0 Å². The highest BCUT2D eigenvalue weighted by Gasteiger charge is 2.18. The fourth-order valence-corrected chi connectivity index (χ4v) is 2.15. The van der Waals surface area contributed by atoms with Crippen molar-refractivity contribution >= 4 is 11.9 Å². The third-order valence-electron chi connectivity index (χ3n) is 3.33. The number of carbonyl (C=O) groups is 1. The van der Waals surface area contributed by atoms with Gasteiger partial charge >= 0.3 is 0 Å². The number of phenolic OH excluding ortho intramolecular Hbond substituents is 1. The van der Waals surface area contributed by atoms with Crippen LogP contribution in [-0.4, -0.2) is 32.2 Å². The van der Waals surface area contributed by atoms with Crippen LogP contribution in [0.2, 0.25) is 0 Å². The number of methoxy groups -OCH3 is 3. The number of aromatic hydroxyl groups is 1. The Labute approximate surface area is 134 Å². The molecule has 0 heterocycles. The lowest BCUT2D eigenvalue weighted by atomic mass is 10.1. The molecule has 0 saturated heterocycles. The predicted molar refractivity (Wildman–Crippen MR) is 87.6 cm³/mol. The van der Waals surface area contributed by atoms with Gasteiger partial charge in [0, 0.05) is 11.6 Å². The fraction of sp³-hybridized carbons (Fsp3) is 0.167. The summed E-state index contributed by atoms with van der Waals surface area (Å²) in [6.07, 6.45) is 2.87. The van der Waals surface area contributed by atoms with E-state index in [0.717, 1.165) is 0 Å². The minimum Gasteiger partial charge on any atom is -0.504 e. The molecule has 0 aliphatic rings. The molecule has 0 bridgehead atoms. The highest BCUT2D eigenvalue weighted by Crippen LogP contribution is 2.44. The second-order valence-electron chi connectivity index (χ2n) is 4.64. The van der Waals surface area contributed by atoms with Crippen LogP contribution in [0, 0.1) is 0 Å². The van der Waals surface area contributed by atoms with Crippen LogP contribution in [0.25, 0.3) is 6.08 Å². The van der Waals surface area contributed by atoms with E-state index >= 15 is 0 Å². The van der Waals surface area contributed by atoms with E-state index in [2.05, 4.69) is 0 Å². The number of allylic oxidation sites excluding steroid dienone is 1. The molecule has 23 heavy (non-hydrogen) atoms. The van der Waals surface area contributed by atoms with E-state index in [-0.39, 0.29) is 17.3 Å². The molecular formula is C18H18O5. The van der Waals surface area contributed by atoms with Gasteiger partial charge in [0.1, 0.15) is 5.75 Å². The van der Waals surface area contributed by atoms with Crippen molar-refractivity contribution in [3.8, 4) is 23.0 Å². The summed E-state index contributed by atoms with van der Waals surface area (Å²) in [6, 6.07) is 10.4. The maximum atomic E-state index is 12.1. The molecule has 0 saturated carbocycles. The number of ketones is 1. The van der Waals surface area contributed by atoms with Crippen molar-refractivity contribution in [1.82, 2.24) is 0 Å².